The van der Waals surface area contributed by atoms with E-state index in [9.17, 15) is 0 Å². The monoisotopic (exact) mass is 688 g/mol. The Morgan fingerprint density at radius 1 is 0.528 bits per heavy atom. The molecule has 258 valence electrons. The molecule has 0 fully saturated rings. The molecule has 0 saturated carbocycles. The Bertz CT molecular complexity index is 2590. The summed E-state index contributed by atoms with van der Waals surface area (Å²) in [6.07, 6.45) is 4.44. The van der Waals surface area contributed by atoms with E-state index in [-0.39, 0.29) is 5.41 Å². The molecule has 4 nitrogen and oxygen atoms in total. The molecule has 1 aliphatic rings. The van der Waals surface area contributed by atoms with Crippen molar-refractivity contribution in [1.29, 1.82) is 0 Å². The van der Waals surface area contributed by atoms with Gasteiger partial charge in [0.1, 0.15) is 11.5 Å². The van der Waals surface area contributed by atoms with Crippen molar-refractivity contribution in [3.63, 3.8) is 0 Å². The van der Waals surface area contributed by atoms with Crippen LogP contribution in [0.5, 0.6) is 11.5 Å². The van der Waals surface area contributed by atoms with Crippen LogP contribution in [-0.4, -0.2) is 18.8 Å². The largest absolute Gasteiger partial charge is 0.497 e. The first-order chi connectivity index (χ1) is 25.9. The lowest BCUT2D eigenvalue weighted by Crippen LogP contribution is -2.16. The first-order valence-corrected chi connectivity index (χ1v) is 18.1. The second-order valence-electron chi connectivity index (χ2n) is 14.2. The summed E-state index contributed by atoms with van der Waals surface area (Å²) in [5.74, 6) is 1.65. The molecular formula is C49H40N2O2. The van der Waals surface area contributed by atoms with Gasteiger partial charge in [0.2, 0.25) is 0 Å². The number of hydrogen-bond acceptors (Lipinski definition) is 3. The molecule has 0 bridgehead atoms. The van der Waals surface area contributed by atoms with E-state index in [4.69, 9.17) is 9.47 Å². The van der Waals surface area contributed by atoms with Crippen LogP contribution in [0, 0.1) is 0 Å². The lowest BCUT2D eigenvalue weighted by atomic mass is 9.81. The number of nitrogens with zero attached hydrogens (tertiary/aromatic N) is 2. The standard InChI is InChI=1S/C49H40N2O2/c1-49(2)45-32-34(15-14-33-16-19-36(20-17-33)50(37-21-25-39(52-3)26-22-37)38-23-27-40(53-4)28-24-38)18-29-41(45)43-30-31-44-42-12-8-9-13-46(42)51(48(44)47(43)49)35-10-6-5-7-11-35/h5-32H,1-4H3/b15-14+. The first kappa shape index (κ1) is 32.4. The van der Waals surface area contributed by atoms with Crippen LogP contribution in [0.1, 0.15) is 36.1 Å². The first-order valence-electron chi connectivity index (χ1n) is 18.1. The van der Waals surface area contributed by atoms with Gasteiger partial charge in [-0.15, -0.1) is 0 Å². The van der Waals surface area contributed by atoms with Gasteiger partial charge in [0.05, 0.1) is 25.3 Å². The molecule has 1 aromatic heterocycles. The summed E-state index contributed by atoms with van der Waals surface area (Å²) in [6, 6.07) is 56.2. The summed E-state index contributed by atoms with van der Waals surface area (Å²) in [6.45, 7) is 4.77. The Balaban J connectivity index is 1.05. The fourth-order valence-corrected chi connectivity index (χ4v) is 8.15. The maximum atomic E-state index is 5.43. The van der Waals surface area contributed by atoms with Crippen LogP contribution in [0.4, 0.5) is 17.1 Å². The van der Waals surface area contributed by atoms with Crippen molar-refractivity contribution >= 4 is 51.0 Å². The molecule has 0 amide bonds. The zero-order chi connectivity index (χ0) is 36.1. The number of methoxy groups -OCH3 is 2. The fourth-order valence-electron chi connectivity index (χ4n) is 8.15. The van der Waals surface area contributed by atoms with Crippen LogP contribution < -0.4 is 14.4 Å². The third kappa shape index (κ3) is 5.46. The molecule has 0 unspecified atom stereocenters. The van der Waals surface area contributed by atoms with Crippen LogP contribution in [0.15, 0.2) is 158 Å². The molecule has 53 heavy (non-hydrogen) atoms. The Labute approximate surface area is 310 Å². The molecule has 0 spiro atoms. The van der Waals surface area contributed by atoms with E-state index >= 15 is 0 Å². The predicted octanol–water partition coefficient (Wildman–Crippen LogP) is 12.7. The van der Waals surface area contributed by atoms with Crippen molar-refractivity contribution < 1.29 is 9.47 Å². The van der Waals surface area contributed by atoms with Gasteiger partial charge in [-0.2, -0.15) is 0 Å². The lowest BCUT2D eigenvalue weighted by Gasteiger charge is -2.26. The highest BCUT2D eigenvalue weighted by Crippen LogP contribution is 2.53. The molecule has 0 aliphatic heterocycles. The van der Waals surface area contributed by atoms with Crippen molar-refractivity contribution in [1.82, 2.24) is 4.57 Å². The molecular weight excluding hydrogens is 649 g/mol. The SMILES string of the molecule is COc1ccc(N(c2ccc(/C=C/c3ccc4c(c3)C(C)(C)c3c-4ccc4c5ccccc5n(-c5ccccc5)c34)cc2)c2ccc(OC)cc2)cc1. The van der Waals surface area contributed by atoms with Crippen LogP contribution >= 0.6 is 0 Å². The van der Waals surface area contributed by atoms with Gasteiger partial charge < -0.3 is 18.9 Å². The average molecular weight is 689 g/mol. The summed E-state index contributed by atoms with van der Waals surface area (Å²) >= 11 is 0. The van der Waals surface area contributed by atoms with Gasteiger partial charge in [0, 0.05) is 38.9 Å². The van der Waals surface area contributed by atoms with Gasteiger partial charge >= 0.3 is 0 Å². The lowest BCUT2D eigenvalue weighted by molar-refractivity contribution is 0.415. The number of hydrogen-bond donors (Lipinski definition) is 0. The van der Waals surface area contributed by atoms with E-state index in [1.165, 1.54) is 55.3 Å². The quantitative estimate of drug-likeness (QED) is 0.149. The highest BCUT2D eigenvalue weighted by Gasteiger charge is 2.38. The van der Waals surface area contributed by atoms with Crippen LogP contribution in [0.3, 0.4) is 0 Å². The third-order valence-corrected chi connectivity index (χ3v) is 10.8. The Morgan fingerprint density at radius 2 is 1.08 bits per heavy atom. The zero-order valence-electron chi connectivity index (χ0n) is 30.4. The Kier molecular flexibility index (Phi) is 7.89. The van der Waals surface area contributed by atoms with Gasteiger partial charge in [-0.1, -0.05) is 105 Å². The second-order valence-corrected chi connectivity index (χ2v) is 14.2. The van der Waals surface area contributed by atoms with Crippen molar-refractivity contribution in [2.24, 2.45) is 0 Å². The molecule has 0 radical (unpaired) electrons. The van der Waals surface area contributed by atoms with Crippen LogP contribution in [0.25, 0.3) is 50.8 Å². The summed E-state index contributed by atoms with van der Waals surface area (Å²) < 4.78 is 13.3. The number of benzene rings is 7. The highest BCUT2D eigenvalue weighted by atomic mass is 16.5. The minimum absolute atomic E-state index is 0.192. The Hall–Kier alpha value is -6.52. The Morgan fingerprint density at radius 3 is 1.72 bits per heavy atom. The predicted molar refractivity (Wildman–Crippen MR) is 222 cm³/mol. The maximum Gasteiger partial charge on any atom is 0.119 e. The molecule has 8 aromatic rings. The molecule has 0 N–H and O–H groups in total. The smallest absolute Gasteiger partial charge is 0.119 e. The summed E-state index contributed by atoms with van der Waals surface area (Å²) in [4.78, 5) is 2.24. The second kappa shape index (κ2) is 12.9. The summed E-state index contributed by atoms with van der Waals surface area (Å²) in [5, 5.41) is 2.58. The van der Waals surface area contributed by atoms with Gasteiger partial charge in [-0.05, 0) is 112 Å². The molecule has 4 heteroatoms. The summed E-state index contributed by atoms with van der Waals surface area (Å²) in [5.41, 5.74) is 14.4. The van der Waals surface area contributed by atoms with Crippen molar-refractivity contribution in [3.05, 3.63) is 180 Å². The van der Waals surface area contributed by atoms with Crippen LogP contribution in [-0.2, 0) is 5.41 Å². The van der Waals surface area contributed by atoms with Crippen molar-refractivity contribution in [2.75, 3.05) is 19.1 Å². The van der Waals surface area contributed by atoms with E-state index in [2.05, 4.69) is 169 Å². The topological polar surface area (TPSA) is 26.6 Å². The number of aromatic nitrogens is 1. The highest BCUT2D eigenvalue weighted by molar-refractivity contribution is 6.13. The number of para-hydroxylation sites is 2. The molecule has 9 rings (SSSR count). The van der Waals surface area contributed by atoms with Crippen molar-refractivity contribution in [2.45, 2.75) is 19.3 Å². The van der Waals surface area contributed by atoms with E-state index in [1.54, 1.807) is 14.2 Å². The molecule has 0 saturated heterocycles. The maximum absolute atomic E-state index is 5.43. The third-order valence-electron chi connectivity index (χ3n) is 10.8. The molecule has 0 atom stereocenters. The van der Waals surface area contributed by atoms with Crippen LogP contribution in [0.2, 0.25) is 0 Å². The van der Waals surface area contributed by atoms with E-state index < -0.39 is 0 Å². The minimum Gasteiger partial charge on any atom is -0.497 e. The van der Waals surface area contributed by atoms with Gasteiger partial charge in [0.15, 0.2) is 0 Å². The summed E-state index contributed by atoms with van der Waals surface area (Å²) in [7, 11) is 3.38. The molecule has 1 heterocycles. The van der Waals surface area contributed by atoms with E-state index in [0.717, 1.165) is 34.1 Å². The number of anilines is 3. The molecule has 7 aromatic carbocycles. The number of rotatable bonds is 8. The van der Waals surface area contributed by atoms with Crippen molar-refractivity contribution in [3.8, 4) is 28.3 Å². The average Bonchev–Trinajstić information content (AvgIpc) is 3.66. The number of fused-ring (bicyclic) bond motifs is 7. The normalized spacial score (nSPS) is 13.0. The van der Waals surface area contributed by atoms with Gasteiger partial charge in [0.25, 0.3) is 0 Å². The minimum atomic E-state index is -0.192. The fraction of sp³-hybridized carbons (Fsp3) is 0.102. The van der Waals surface area contributed by atoms with E-state index in [1.807, 2.05) is 24.3 Å². The number of ether oxygens (including phenoxy) is 2. The molecule has 1 aliphatic carbocycles. The zero-order valence-corrected chi connectivity index (χ0v) is 30.4. The van der Waals surface area contributed by atoms with Gasteiger partial charge in [-0.3, -0.25) is 0 Å². The van der Waals surface area contributed by atoms with E-state index in [0.29, 0.717) is 0 Å². The van der Waals surface area contributed by atoms with Gasteiger partial charge in [-0.25, -0.2) is 0 Å².